The second kappa shape index (κ2) is 4.58. The average molecular weight is 239 g/mol. The van der Waals surface area contributed by atoms with Crippen LogP contribution in [0, 0.1) is 5.41 Å². The summed E-state index contributed by atoms with van der Waals surface area (Å²) in [4.78, 5) is 13.1. The van der Waals surface area contributed by atoms with Gasteiger partial charge in [0, 0.05) is 22.3 Å². The SMILES string of the molecule is CC(C)(C)C(=O)NCC(C)(C)c1cccs1. The van der Waals surface area contributed by atoms with Crippen molar-refractivity contribution in [2.75, 3.05) is 6.54 Å². The quantitative estimate of drug-likeness (QED) is 0.862. The lowest BCUT2D eigenvalue weighted by Crippen LogP contribution is -2.41. The van der Waals surface area contributed by atoms with Crippen molar-refractivity contribution in [2.45, 2.75) is 40.0 Å². The molecule has 1 amide bonds. The standard InChI is InChI=1S/C13H21NOS/c1-12(2,3)11(15)14-9-13(4,5)10-7-6-8-16-10/h6-8H,9H2,1-5H3,(H,14,15). The van der Waals surface area contributed by atoms with Gasteiger partial charge < -0.3 is 5.32 Å². The van der Waals surface area contributed by atoms with Gasteiger partial charge in [-0.25, -0.2) is 0 Å². The van der Waals surface area contributed by atoms with Crippen molar-refractivity contribution in [2.24, 2.45) is 5.41 Å². The zero-order valence-electron chi connectivity index (χ0n) is 10.8. The molecule has 1 heterocycles. The molecule has 0 aliphatic heterocycles. The van der Waals surface area contributed by atoms with E-state index in [-0.39, 0.29) is 16.7 Å². The summed E-state index contributed by atoms with van der Waals surface area (Å²) in [6.45, 7) is 10.8. The second-order valence-corrected chi connectivity index (χ2v) is 6.74. The van der Waals surface area contributed by atoms with Gasteiger partial charge >= 0.3 is 0 Å². The molecule has 0 aromatic carbocycles. The molecule has 1 rings (SSSR count). The van der Waals surface area contributed by atoms with E-state index in [1.807, 2.05) is 26.8 Å². The van der Waals surface area contributed by atoms with Crippen LogP contribution in [0.3, 0.4) is 0 Å². The van der Waals surface area contributed by atoms with Gasteiger partial charge in [0.25, 0.3) is 0 Å². The molecule has 1 aromatic rings. The summed E-state index contributed by atoms with van der Waals surface area (Å²) in [5, 5.41) is 5.09. The van der Waals surface area contributed by atoms with Gasteiger partial charge in [-0.2, -0.15) is 0 Å². The van der Waals surface area contributed by atoms with Crippen molar-refractivity contribution in [3.8, 4) is 0 Å². The fourth-order valence-electron chi connectivity index (χ4n) is 1.32. The normalized spacial score (nSPS) is 12.6. The molecule has 0 spiro atoms. The molecule has 1 N–H and O–H groups in total. The number of amides is 1. The van der Waals surface area contributed by atoms with Crippen LogP contribution in [-0.4, -0.2) is 12.5 Å². The summed E-state index contributed by atoms with van der Waals surface area (Å²) in [6.07, 6.45) is 0. The molecule has 0 aliphatic carbocycles. The predicted octanol–water partition coefficient (Wildman–Crippen LogP) is 3.19. The zero-order valence-corrected chi connectivity index (χ0v) is 11.6. The highest BCUT2D eigenvalue weighted by Crippen LogP contribution is 2.27. The number of rotatable bonds is 3. The maximum atomic E-state index is 11.8. The van der Waals surface area contributed by atoms with Gasteiger partial charge in [0.2, 0.25) is 5.91 Å². The van der Waals surface area contributed by atoms with Gasteiger partial charge in [0.05, 0.1) is 0 Å². The van der Waals surface area contributed by atoms with E-state index in [4.69, 9.17) is 0 Å². The van der Waals surface area contributed by atoms with Crippen LogP contribution in [0.5, 0.6) is 0 Å². The Morgan fingerprint density at radius 1 is 1.31 bits per heavy atom. The molecule has 90 valence electrons. The summed E-state index contributed by atoms with van der Waals surface area (Å²) >= 11 is 1.74. The highest BCUT2D eigenvalue weighted by molar-refractivity contribution is 7.10. The van der Waals surface area contributed by atoms with E-state index in [2.05, 4.69) is 30.6 Å². The van der Waals surface area contributed by atoms with Gasteiger partial charge in [-0.1, -0.05) is 40.7 Å². The largest absolute Gasteiger partial charge is 0.355 e. The third-order valence-corrected chi connectivity index (χ3v) is 3.80. The van der Waals surface area contributed by atoms with E-state index in [9.17, 15) is 4.79 Å². The zero-order chi connectivity index (χ0) is 12.4. The third-order valence-electron chi connectivity index (χ3n) is 2.56. The molecule has 0 bridgehead atoms. The van der Waals surface area contributed by atoms with E-state index in [0.717, 1.165) is 0 Å². The second-order valence-electron chi connectivity index (χ2n) is 5.79. The topological polar surface area (TPSA) is 29.1 Å². The Kier molecular flexibility index (Phi) is 3.79. The lowest BCUT2D eigenvalue weighted by Gasteiger charge is -2.26. The van der Waals surface area contributed by atoms with Crippen LogP contribution in [0.25, 0.3) is 0 Å². The molecule has 0 unspecified atom stereocenters. The first-order chi connectivity index (χ1) is 7.23. The molecule has 0 atom stereocenters. The Morgan fingerprint density at radius 2 is 1.94 bits per heavy atom. The van der Waals surface area contributed by atoms with Gasteiger partial charge in [0.1, 0.15) is 0 Å². The lowest BCUT2D eigenvalue weighted by molar-refractivity contribution is -0.128. The number of carbonyl (C=O) groups excluding carboxylic acids is 1. The summed E-state index contributed by atoms with van der Waals surface area (Å²) in [5.41, 5.74) is -0.305. The minimum Gasteiger partial charge on any atom is -0.355 e. The Morgan fingerprint density at radius 3 is 2.38 bits per heavy atom. The maximum absolute atomic E-state index is 11.8. The number of hydrogen-bond donors (Lipinski definition) is 1. The molecule has 0 saturated heterocycles. The van der Waals surface area contributed by atoms with Crippen LogP contribution in [0.1, 0.15) is 39.5 Å². The Balaban J connectivity index is 2.59. The lowest BCUT2D eigenvalue weighted by atomic mass is 9.90. The van der Waals surface area contributed by atoms with Crippen molar-refractivity contribution in [3.63, 3.8) is 0 Å². The summed E-state index contributed by atoms with van der Waals surface area (Å²) < 4.78 is 0. The Labute approximate surface area is 102 Å². The Hall–Kier alpha value is -0.830. The number of hydrogen-bond acceptors (Lipinski definition) is 2. The third kappa shape index (κ3) is 3.34. The van der Waals surface area contributed by atoms with Crippen molar-refractivity contribution in [1.29, 1.82) is 0 Å². The van der Waals surface area contributed by atoms with Gasteiger partial charge in [-0.05, 0) is 11.4 Å². The van der Waals surface area contributed by atoms with E-state index < -0.39 is 0 Å². The molecule has 16 heavy (non-hydrogen) atoms. The molecule has 1 aromatic heterocycles. The van der Waals surface area contributed by atoms with Gasteiger partial charge in [0.15, 0.2) is 0 Å². The smallest absolute Gasteiger partial charge is 0.225 e. The highest BCUT2D eigenvalue weighted by Gasteiger charge is 2.26. The van der Waals surface area contributed by atoms with Crippen molar-refractivity contribution < 1.29 is 4.79 Å². The van der Waals surface area contributed by atoms with Gasteiger partial charge in [-0.3, -0.25) is 4.79 Å². The van der Waals surface area contributed by atoms with Crippen LogP contribution < -0.4 is 5.32 Å². The molecular weight excluding hydrogens is 218 g/mol. The molecule has 0 radical (unpaired) electrons. The fourth-order valence-corrected chi connectivity index (χ4v) is 2.17. The van der Waals surface area contributed by atoms with Crippen LogP contribution in [-0.2, 0) is 10.2 Å². The minimum absolute atomic E-state index is 0.00900. The van der Waals surface area contributed by atoms with E-state index in [0.29, 0.717) is 6.54 Å². The fraction of sp³-hybridized carbons (Fsp3) is 0.615. The Bertz CT molecular complexity index is 347. The van der Waals surface area contributed by atoms with E-state index >= 15 is 0 Å². The predicted molar refractivity (Wildman–Crippen MR) is 69.8 cm³/mol. The number of nitrogens with one attached hydrogen (secondary N) is 1. The van der Waals surface area contributed by atoms with Crippen LogP contribution in [0.15, 0.2) is 17.5 Å². The first-order valence-corrected chi connectivity index (χ1v) is 6.44. The van der Waals surface area contributed by atoms with E-state index in [1.54, 1.807) is 11.3 Å². The summed E-state index contributed by atoms with van der Waals surface area (Å²) in [7, 11) is 0. The average Bonchev–Trinajstić information content (AvgIpc) is 2.65. The van der Waals surface area contributed by atoms with Crippen molar-refractivity contribution in [1.82, 2.24) is 5.32 Å². The van der Waals surface area contributed by atoms with Crippen LogP contribution in [0.4, 0.5) is 0 Å². The van der Waals surface area contributed by atoms with Crippen molar-refractivity contribution >= 4 is 17.2 Å². The first-order valence-electron chi connectivity index (χ1n) is 5.56. The molecule has 0 saturated carbocycles. The molecule has 0 aliphatic rings. The molecule has 2 nitrogen and oxygen atoms in total. The number of carbonyl (C=O) groups is 1. The molecular formula is C13H21NOS. The number of thiophene rings is 1. The summed E-state index contributed by atoms with van der Waals surface area (Å²) in [6, 6.07) is 4.17. The highest BCUT2D eigenvalue weighted by atomic mass is 32.1. The van der Waals surface area contributed by atoms with Gasteiger partial charge in [-0.15, -0.1) is 11.3 Å². The monoisotopic (exact) mass is 239 g/mol. The van der Waals surface area contributed by atoms with Crippen LogP contribution in [0.2, 0.25) is 0 Å². The first kappa shape index (κ1) is 13.2. The van der Waals surface area contributed by atoms with E-state index in [1.165, 1.54) is 4.88 Å². The van der Waals surface area contributed by atoms with Crippen molar-refractivity contribution in [3.05, 3.63) is 22.4 Å². The minimum atomic E-state index is -0.314. The maximum Gasteiger partial charge on any atom is 0.225 e. The van der Waals surface area contributed by atoms with Crippen LogP contribution >= 0.6 is 11.3 Å². The summed E-state index contributed by atoms with van der Waals surface area (Å²) in [5.74, 6) is 0.108. The molecule has 0 fully saturated rings. The molecule has 3 heteroatoms.